The molecule has 0 radical (unpaired) electrons. The largest absolute Gasteiger partial charge is 0.481 e. The van der Waals surface area contributed by atoms with E-state index in [1.165, 1.54) is 5.56 Å². The van der Waals surface area contributed by atoms with Crippen LogP contribution in [0.1, 0.15) is 90.2 Å². The van der Waals surface area contributed by atoms with Crippen LogP contribution in [0.2, 0.25) is 0 Å². The van der Waals surface area contributed by atoms with E-state index in [1.807, 2.05) is 24.3 Å². The van der Waals surface area contributed by atoms with Crippen molar-refractivity contribution >= 4 is 17.5 Å². The third-order valence-electron chi connectivity index (χ3n) is 7.55. The van der Waals surface area contributed by atoms with Crippen molar-refractivity contribution in [2.24, 2.45) is 5.92 Å². The van der Waals surface area contributed by atoms with Gasteiger partial charge in [0.05, 0.1) is 0 Å². The first-order chi connectivity index (χ1) is 19.0. The van der Waals surface area contributed by atoms with Crippen LogP contribution in [0, 0.1) is 12.8 Å². The Morgan fingerprint density at radius 3 is 2.27 bits per heavy atom. The molecule has 1 aliphatic carbocycles. The average Bonchev–Trinajstić information content (AvgIpc) is 3.36. The van der Waals surface area contributed by atoms with Crippen LogP contribution in [-0.2, 0) is 22.2 Å². The number of aromatic nitrogens is 1. The summed E-state index contributed by atoms with van der Waals surface area (Å²) < 4.78 is 45.7. The molecule has 9 heteroatoms. The molecule has 2 aromatic carbocycles. The Bertz CT molecular complexity index is 1350. The lowest BCUT2D eigenvalue weighted by molar-refractivity contribution is -0.153. The van der Waals surface area contributed by atoms with Crippen LogP contribution in [0.15, 0.2) is 52.9 Å². The van der Waals surface area contributed by atoms with Gasteiger partial charge in [-0.15, -0.1) is 0 Å². The van der Waals surface area contributed by atoms with Crippen molar-refractivity contribution < 1.29 is 37.1 Å². The van der Waals surface area contributed by atoms with Gasteiger partial charge in [0.2, 0.25) is 11.7 Å². The number of aliphatic carboxylic acids is 1. The number of carbonyl (C=O) groups excluding carboxylic acids is 2. The topological polar surface area (TPSA) is 97.5 Å². The lowest BCUT2D eigenvalue weighted by Crippen LogP contribution is -2.16. The van der Waals surface area contributed by atoms with E-state index in [0.717, 1.165) is 31.2 Å². The normalized spacial score (nSPS) is 17.5. The molecule has 0 unspecified atom stereocenters. The number of Topliss-reactive ketones (excluding diaryl/α,β-unsaturated/α-hetero) is 2. The average molecular weight is 556 g/mol. The van der Waals surface area contributed by atoms with Gasteiger partial charge in [-0.2, -0.15) is 13.2 Å². The molecular formula is C31H32F3NO5. The first-order valence-electron chi connectivity index (χ1n) is 13.5. The third-order valence-corrected chi connectivity index (χ3v) is 7.55. The van der Waals surface area contributed by atoms with Crippen molar-refractivity contribution in [1.29, 1.82) is 0 Å². The molecule has 0 atom stereocenters. The van der Waals surface area contributed by atoms with Gasteiger partial charge in [-0.3, -0.25) is 14.4 Å². The Balaban J connectivity index is 1.29. The number of halogens is 3. The van der Waals surface area contributed by atoms with Crippen LogP contribution >= 0.6 is 0 Å². The minimum atomic E-state index is -4.88. The first kappa shape index (κ1) is 29.2. The van der Waals surface area contributed by atoms with Gasteiger partial charge < -0.3 is 9.52 Å². The molecule has 40 heavy (non-hydrogen) atoms. The number of rotatable bonds is 11. The summed E-state index contributed by atoms with van der Waals surface area (Å²) in [4.78, 5) is 40.0. The highest BCUT2D eigenvalue weighted by Crippen LogP contribution is 2.38. The molecule has 0 amide bonds. The van der Waals surface area contributed by atoms with Crippen LogP contribution in [-0.4, -0.2) is 27.6 Å². The molecule has 3 aromatic rings. The summed E-state index contributed by atoms with van der Waals surface area (Å²) in [6.45, 7) is 1.71. The Hall–Kier alpha value is -3.75. The Kier molecular flexibility index (Phi) is 9.22. The summed E-state index contributed by atoms with van der Waals surface area (Å²) in [6, 6.07) is 14.5. The molecule has 1 aromatic heterocycles. The van der Waals surface area contributed by atoms with Crippen molar-refractivity contribution in [2.45, 2.75) is 76.8 Å². The zero-order valence-electron chi connectivity index (χ0n) is 22.3. The highest BCUT2D eigenvalue weighted by atomic mass is 19.4. The zero-order chi connectivity index (χ0) is 28.9. The van der Waals surface area contributed by atoms with Crippen LogP contribution in [0.5, 0.6) is 0 Å². The van der Waals surface area contributed by atoms with E-state index in [0.29, 0.717) is 17.0 Å². The number of carboxylic acids is 1. The monoisotopic (exact) mass is 555 g/mol. The van der Waals surface area contributed by atoms with Gasteiger partial charge in [0.25, 0.3) is 0 Å². The van der Waals surface area contributed by atoms with Gasteiger partial charge in [0.15, 0.2) is 11.5 Å². The van der Waals surface area contributed by atoms with Crippen molar-refractivity contribution in [3.05, 3.63) is 76.7 Å². The summed E-state index contributed by atoms with van der Waals surface area (Å²) >= 11 is 0. The van der Waals surface area contributed by atoms with Gasteiger partial charge in [-0.05, 0) is 73.6 Å². The van der Waals surface area contributed by atoms with Crippen LogP contribution in [0.25, 0.3) is 11.5 Å². The first-order valence-corrected chi connectivity index (χ1v) is 13.5. The second-order valence-corrected chi connectivity index (χ2v) is 10.6. The second-order valence-electron chi connectivity index (χ2n) is 10.6. The summed E-state index contributed by atoms with van der Waals surface area (Å²) in [5.41, 5.74) is 2.29. The van der Waals surface area contributed by atoms with Crippen molar-refractivity contribution in [1.82, 2.24) is 4.98 Å². The fourth-order valence-electron chi connectivity index (χ4n) is 5.36. The maximum Gasteiger partial charge on any atom is 0.452 e. The molecular weight excluding hydrogens is 523 g/mol. The molecule has 1 aliphatic rings. The van der Waals surface area contributed by atoms with Crippen LogP contribution in [0.4, 0.5) is 13.2 Å². The van der Waals surface area contributed by atoms with Crippen LogP contribution in [0.3, 0.4) is 0 Å². The number of hydrogen-bond donors (Lipinski definition) is 1. The van der Waals surface area contributed by atoms with Crippen molar-refractivity contribution in [3.8, 4) is 11.5 Å². The van der Waals surface area contributed by atoms with E-state index in [-0.39, 0.29) is 49.7 Å². The Labute approximate surface area is 230 Å². The molecule has 212 valence electrons. The number of hydrogen-bond acceptors (Lipinski definition) is 5. The summed E-state index contributed by atoms with van der Waals surface area (Å²) in [5, 5.41) is 8.98. The fourth-order valence-corrected chi connectivity index (χ4v) is 5.36. The third kappa shape index (κ3) is 7.46. The molecule has 0 aliphatic heterocycles. The quantitative estimate of drug-likeness (QED) is 0.245. The molecule has 0 saturated heterocycles. The van der Waals surface area contributed by atoms with Gasteiger partial charge >= 0.3 is 12.1 Å². The highest BCUT2D eigenvalue weighted by Gasteiger charge is 2.41. The number of aryl methyl sites for hydroxylation is 1. The van der Waals surface area contributed by atoms with E-state index in [1.54, 1.807) is 31.2 Å². The maximum absolute atomic E-state index is 13.6. The van der Waals surface area contributed by atoms with Crippen molar-refractivity contribution in [2.75, 3.05) is 0 Å². The fraction of sp³-hybridized carbons (Fsp3) is 0.419. The van der Waals surface area contributed by atoms with Crippen molar-refractivity contribution in [3.63, 3.8) is 0 Å². The molecule has 0 spiro atoms. The molecule has 6 nitrogen and oxygen atoms in total. The summed E-state index contributed by atoms with van der Waals surface area (Å²) in [6.07, 6.45) is -0.897. The number of nitrogens with zero attached hydrogens (tertiary/aromatic N) is 1. The van der Waals surface area contributed by atoms with E-state index < -0.39 is 29.4 Å². The molecule has 1 heterocycles. The number of alkyl halides is 3. The molecule has 1 saturated carbocycles. The highest BCUT2D eigenvalue weighted by molar-refractivity contribution is 5.96. The summed E-state index contributed by atoms with van der Waals surface area (Å²) in [7, 11) is 0. The minimum absolute atomic E-state index is 0.0605. The number of benzene rings is 2. The second kappa shape index (κ2) is 12.6. The number of oxazole rings is 1. The molecule has 1 N–H and O–H groups in total. The predicted molar refractivity (Wildman–Crippen MR) is 142 cm³/mol. The SMILES string of the molecule is Cc1ccccc1-c1nc(C(=O)CCCC(=O)Cc2ccc(C3CCC(CC(=O)O)CC3)cc2)c(C(F)(F)F)o1. The van der Waals surface area contributed by atoms with Gasteiger partial charge in [-0.25, -0.2) is 4.98 Å². The number of carboxylic acid groups (broad SMARTS) is 1. The van der Waals surface area contributed by atoms with E-state index in [4.69, 9.17) is 9.52 Å². The Morgan fingerprint density at radius 2 is 1.65 bits per heavy atom. The predicted octanol–water partition coefficient (Wildman–Crippen LogP) is 7.58. The lowest BCUT2D eigenvalue weighted by atomic mass is 9.77. The zero-order valence-corrected chi connectivity index (χ0v) is 22.3. The van der Waals surface area contributed by atoms with E-state index in [9.17, 15) is 27.6 Å². The molecule has 0 bridgehead atoms. The van der Waals surface area contributed by atoms with Gasteiger partial charge in [0.1, 0.15) is 5.78 Å². The van der Waals surface area contributed by atoms with Gasteiger partial charge in [-0.1, -0.05) is 42.5 Å². The molecule has 1 fully saturated rings. The number of ketones is 2. The summed E-state index contributed by atoms with van der Waals surface area (Å²) in [5.74, 6) is -2.74. The smallest absolute Gasteiger partial charge is 0.452 e. The van der Waals surface area contributed by atoms with E-state index >= 15 is 0 Å². The number of carbonyl (C=O) groups is 3. The lowest BCUT2D eigenvalue weighted by Gasteiger charge is -2.28. The van der Waals surface area contributed by atoms with E-state index in [2.05, 4.69) is 4.98 Å². The van der Waals surface area contributed by atoms with Gasteiger partial charge in [0, 0.05) is 31.2 Å². The minimum Gasteiger partial charge on any atom is -0.481 e. The molecule has 4 rings (SSSR count). The Morgan fingerprint density at radius 1 is 0.975 bits per heavy atom. The van der Waals surface area contributed by atoms with Crippen LogP contribution < -0.4 is 0 Å². The maximum atomic E-state index is 13.6. The standard InChI is InChI=1S/C31H32F3NO5/c1-19-5-2-3-7-25(19)30-35-28(29(40-30)31(32,33)34)26(37)8-4-6-24(36)17-20-9-13-22(14-10-20)23-15-11-21(12-16-23)18-27(38)39/h2-3,5,7,9-10,13-14,21,23H,4,6,8,11-12,15-18H2,1H3,(H,38,39).